The molecular weight excluding hydrogens is 362 g/mol. The van der Waals surface area contributed by atoms with Crippen LogP contribution in [0.5, 0.6) is 5.75 Å². The monoisotopic (exact) mass is 381 g/mol. The minimum atomic E-state index is -3.75. The van der Waals surface area contributed by atoms with Gasteiger partial charge in [0.15, 0.2) is 0 Å². The molecule has 0 atom stereocenters. The van der Waals surface area contributed by atoms with Crippen LogP contribution in [-0.4, -0.2) is 26.6 Å². The molecule has 0 radical (unpaired) electrons. The number of benzene rings is 1. The molecular formula is C17H20ClN3O3S. The zero-order valence-corrected chi connectivity index (χ0v) is 15.4. The molecule has 3 rings (SSSR count). The van der Waals surface area contributed by atoms with E-state index in [-0.39, 0.29) is 9.92 Å². The molecule has 2 aromatic rings. The van der Waals surface area contributed by atoms with E-state index in [4.69, 9.17) is 16.3 Å². The summed E-state index contributed by atoms with van der Waals surface area (Å²) in [6, 6.07) is 8.23. The highest BCUT2D eigenvalue weighted by Crippen LogP contribution is 2.28. The van der Waals surface area contributed by atoms with Crippen LogP contribution in [0.2, 0.25) is 5.02 Å². The first-order chi connectivity index (χ1) is 12.0. The molecule has 6 nitrogen and oxygen atoms in total. The molecule has 1 heterocycles. The number of rotatable bonds is 6. The average Bonchev–Trinajstić information content (AvgIpc) is 3.09. The van der Waals surface area contributed by atoms with Crippen molar-refractivity contribution in [2.75, 3.05) is 17.1 Å². The van der Waals surface area contributed by atoms with Crippen molar-refractivity contribution in [3.05, 3.63) is 41.6 Å². The van der Waals surface area contributed by atoms with Crippen molar-refractivity contribution in [1.29, 1.82) is 0 Å². The number of pyridine rings is 1. The molecule has 1 fully saturated rings. The van der Waals surface area contributed by atoms with Crippen LogP contribution in [0.25, 0.3) is 0 Å². The van der Waals surface area contributed by atoms with Crippen molar-refractivity contribution in [2.24, 2.45) is 0 Å². The van der Waals surface area contributed by atoms with Gasteiger partial charge < -0.3 is 10.1 Å². The van der Waals surface area contributed by atoms with E-state index < -0.39 is 10.0 Å². The number of anilines is 2. The number of nitrogens with one attached hydrogen (secondary N) is 2. The third-order valence-electron chi connectivity index (χ3n) is 4.16. The Kier molecular flexibility index (Phi) is 5.34. The lowest BCUT2D eigenvalue weighted by molar-refractivity contribution is 0.414. The molecule has 1 aromatic carbocycles. The lowest BCUT2D eigenvalue weighted by Gasteiger charge is -2.13. The summed E-state index contributed by atoms with van der Waals surface area (Å²) in [4.78, 5) is 4.34. The maximum atomic E-state index is 12.5. The first-order valence-corrected chi connectivity index (χ1v) is 9.93. The fourth-order valence-electron chi connectivity index (χ4n) is 2.85. The largest absolute Gasteiger partial charge is 0.495 e. The summed E-state index contributed by atoms with van der Waals surface area (Å²) < 4.78 is 32.5. The highest BCUT2D eigenvalue weighted by molar-refractivity contribution is 7.92. The van der Waals surface area contributed by atoms with Gasteiger partial charge in [0.05, 0.1) is 28.9 Å². The molecule has 8 heteroatoms. The quantitative estimate of drug-likeness (QED) is 0.793. The second-order valence-electron chi connectivity index (χ2n) is 5.96. The summed E-state index contributed by atoms with van der Waals surface area (Å²) >= 11 is 6.00. The molecule has 2 N–H and O–H groups in total. The van der Waals surface area contributed by atoms with Crippen LogP contribution in [0.15, 0.2) is 41.4 Å². The maximum Gasteiger partial charge on any atom is 0.261 e. The maximum absolute atomic E-state index is 12.5. The molecule has 0 unspecified atom stereocenters. The van der Waals surface area contributed by atoms with E-state index in [1.807, 2.05) is 0 Å². The van der Waals surface area contributed by atoms with Crippen LogP contribution < -0.4 is 14.8 Å². The Hall–Kier alpha value is -1.99. The van der Waals surface area contributed by atoms with Crippen molar-refractivity contribution >= 4 is 33.1 Å². The number of hydrogen-bond donors (Lipinski definition) is 2. The normalized spacial score (nSPS) is 15.1. The molecule has 0 saturated heterocycles. The smallest absolute Gasteiger partial charge is 0.261 e. The predicted molar refractivity (Wildman–Crippen MR) is 98.9 cm³/mol. The Morgan fingerprint density at radius 3 is 2.56 bits per heavy atom. The first-order valence-electron chi connectivity index (χ1n) is 8.07. The Labute approximate surface area is 152 Å². The SMILES string of the molecule is COc1ccc(S(=O)(=O)Nc2ccc(NC3CCCC3)nc2)cc1Cl. The van der Waals surface area contributed by atoms with E-state index in [0.29, 0.717) is 17.5 Å². The van der Waals surface area contributed by atoms with Gasteiger partial charge in [-0.1, -0.05) is 24.4 Å². The van der Waals surface area contributed by atoms with Gasteiger partial charge in [0.2, 0.25) is 0 Å². The standard InChI is InChI=1S/C17H20ClN3O3S/c1-24-16-8-7-14(10-15(16)18)25(22,23)21-13-6-9-17(19-11-13)20-12-4-2-3-5-12/h6-12,21H,2-5H2,1H3,(H,19,20). The van der Waals surface area contributed by atoms with Gasteiger partial charge in [0, 0.05) is 6.04 Å². The van der Waals surface area contributed by atoms with E-state index in [2.05, 4.69) is 15.0 Å². The highest BCUT2D eigenvalue weighted by Gasteiger charge is 2.17. The van der Waals surface area contributed by atoms with Gasteiger partial charge in [-0.3, -0.25) is 4.72 Å². The van der Waals surface area contributed by atoms with Crippen LogP contribution in [-0.2, 0) is 10.0 Å². The number of sulfonamides is 1. The van der Waals surface area contributed by atoms with Crippen LogP contribution in [0.4, 0.5) is 11.5 Å². The van der Waals surface area contributed by atoms with E-state index in [1.165, 1.54) is 44.3 Å². The third kappa shape index (κ3) is 4.35. The van der Waals surface area contributed by atoms with E-state index in [9.17, 15) is 8.42 Å². The van der Waals surface area contributed by atoms with Crippen LogP contribution in [0.1, 0.15) is 25.7 Å². The molecule has 0 aliphatic heterocycles. The number of hydrogen-bond acceptors (Lipinski definition) is 5. The molecule has 1 aromatic heterocycles. The van der Waals surface area contributed by atoms with Gasteiger partial charge in [-0.05, 0) is 43.2 Å². The summed E-state index contributed by atoms with van der Waals surface area (Å²) in [6.45, 7) is 0. The van der Waals surface area contributed by atoms with Gasteiger partial charge >= 0.3 is 0 Å². The van der Waals surface area contributed by atoms with Crippen molar-refractivity contribution in [1.82, 2.24) is 4.98 Å². The number of aromatic nitrogens is 1. The minimum Gasteiger partial charge on any atom is -0.495 e. The van der Waals surface area contributed by atoms with Gasteiger partial charge in [0.1, 0.15) is 11.6 Å². The zero-order chi connectivity index (χ0) is 17.9. The molecule has 0 amide bonds. The summed E-state index contributed by atoms with van der Waals surface area (Å²) in [5, 5.41) is 3.60. The third-order valence-corrected chi connectivity index (χ3v) is 5.83. The van der Waals surface area contributed by atoms with Crippen LogP contribution in [0.3, 0.4) is 0 Å². The van der Waals surface area contributed by atoms with E-state index in [0.717, 1.165) is 18.7 Å². The molecule has 1 saturated carbocycles. The predicted octanol–water partition coefficient (Wildman–Crippen LogP) is 3.90. The van der Waals surface area contributed by atoms with Gasteiger partial charge in [-0.15, -0.1) is 0 Å². The van der Waals surface area contributed by atoms with Gasteiger partial charge in [-0.2, -0.15) is 0 Å². The summed E-state index contributed by atoms with van der Waals surface area (Å²) in [5.74, 6) is 1.17. The van der Waals surface area contributed by atoms with Crippen molar-refractivity contribution < 1.29 is 13.2 Å². The number of nitrogens with zero attached hydrogens (tertiary/aromatic N) is 1. The lowest BCUT2D eigenvalue weighted by atomic mass is 10.2. The van der Waals surface area contributed by atoms with E-state index in [1.54, 1.807) is 12.1 Å². The highest BCUT2D eigenvalue weighted by atomic mass is 35.5. The molecule has 1 aliphatic carbocycles. The number of methoxy groups -OCH3 is 1. The Bertz CT molecular complexity index is 835. The van der Waals surface area contributed by atoms with Crippen LogP contribution >= 0.6 is 11.6 Å². The zero-order valence-electron chi connectivity index (χ0n) is 13.8. The van der Waals surface area contributed by atoms with E-state index >= 15 is 0 Å². The second-order valence-corrected chi connectivity index (χ2v) is 8.05. The van der Waals surface area contributed by atoms with Crippen molar-refractivity contribution in [3.63, 3.8) is 0 Å². The average molecular weight is 382 g/mol. The molecule has 0 spiro atoms. The van der Waals surface area contributed by atoms with Crippen molar-refractivity contribution in [2.45, 2.75) is 36.6 Å². The fraction of sp³-hybridized carbons (Fsp3) is 0.353. The topological polar surface area (TPSA) is 80.3 Å². The summed E-state index contributed by atoms with van der Waals surface area (Å²) in [7, 11) is -2.27. The lowest BCUT2D eigenvalue weighted by Crippen LogP contribution is -2.16. The number of ether oxygens (including phenoxy) is 1. The molecule has 1 aliphatic rings. The molecule has 25 heavy (non-hydrogen) atoms. The summed E-state index contributed by atoms with van der Waals surface area (Å²) in [6.07, 6.45) is 6.27. The Morgan fingerprint density at radius 2 is 1.96 bits per heavy atom. The van der Waals surface area contributed by atoms with Gasteiger partial charge in [0.25, 0.3) is 10.0 Å². The van der Waals surface area contributed by atoms with Crippen LogP contribution in [0, 0.1) is 0 Å². The molecule has 134 valence electrons. The fourth-order valence-corrected chi connectivity index (χ4v) is 4.24. The minimum absolute atomic E-state index is 0.0615. The van der Waals surface area contributed by atoms with Crippen molar-refractivity contribution in [3.8, 4) is 5.75 Å². The Morgan fingerprint density at radius 1 is 1.20 bits per heavy atom. The van der Waals surface area contributed by atoms with Gasteiger partial charge in [-0.25, -0.2) is 13.4 Å². The summed E-state index contributed by atoms with van der Waals surface area (Å²) in [5.41, 5.74) is 0.393. The second kappa shape index (κ2) is 7.49. The Balaban J connectivity index is 1.71. The number of halogens is 1. The first kappa shape index (κ1) is 17.8. The molecule has 0 bridgehead atoms.